The Labute approximate surface area is 385 Å². The van der Waals surface area contributed by atoms with Crippen molar-refractivity contribution in [2.75, 3.05) is 65.9 Å². The number of rotatable bonds is 36. The maximum absolute atomic E-state index is 13.8. The molecule has 2 atom stereocenters. The molecule has 2 fully saturated rings. The maximum Gasteiger partial charge on any atom is 0.508 e. The predicted molar refractivity (Wildman–Crippen MR) is 244 cm³/mol. The molecule has 2 bridgehead atoms. The smallest absolute Gasteiger partial charge is 0.466 e. The molecule has 14 nitrogen and oxygen atoms in total. The second kappa shape index (κ2) is 33.1. The van der Waals surface area contributed by atoms with Crippen LogP contribution in [0.15, 0.2) is 0 Å². The summed E-state index contributed by atoms with van der Waals surface area (Å²) in [7, 11) is 0. The zero-order valence-electron chi connectivity index (χ0n) is 40.8. The Balaban J connectivity index is 2.16. The average Bonchev–Trinajstić information content (AvgIpc) is 3.25. The molecule has 0 aromatic rings. The first-order valence-electron chi connectivity index (χ1n) is 25.1. The Hall–Kier alpha value is -3.42. The minimum Gasteiger partial charge on any atom is -0.466 e. The first-order valence-corrected chi connectivity index (χ1v) is 25.1. The van der Waals surface area contributed by atoms with Gasteiger partial charge in [0.2, 0.25) is 0 Å². The zero-order valence-corrected chi connectivity index (χ0v) is 40.8. The van der Waals surface area contributed by atoms with Crippen molar-refractivity contribution in [1.29, 1.82) is 0 Å². The van der Waals surface area contributed by atoms with E-state index in [2.05, 4.69) is 46.4 Å². The standard InChI is InChI=1S/C50H87NO13/c1-7-11-13-15-17-27-58-43(52)22-19-24-45(54)61-36-50(39-64-48(57)60-29-21-26-51(9-3)10-4,37-62-46(55)25-20-23-44(53)59-28-18-16-14-12-8-2)38-63-47(56)35-49-32-40(5)30-42(34-49)31-41(6)33-49/h40-42H,7-39H2,1-6H3. The molecular weight excluding hydrogens is 823 g/mol. The van der Waals surface area contributed by atoms with Crippen molar-refractivity contribution in [2.24, 2.45) is 28.6 Å². The number of unbranched alkanes of at least 4 members (excludes halogenated alkanes) is 8. The van der Waals surface area contributed by atoms with Gasteiger partial charge in [0.05, 0.1) is 26.2 Å². The predicted octanol–water partition coefficient (Wildman–Crippen LogP) is 10.1. The second-order valence-corrected chi connectivity index (χ2v) is 19.1. The number of carbonyl (C=O) groups is 6. The van der Waals surface area contributed by atoms with Crippen molar-refractivity contribution in [3.05, 3.63) is 0 Å². The van der Waals surface area contributed by atoms with E-state index in [-0.39, 0.29) is 75.5 Å². The van der Waals surface area contributed by atoms with Crippen LogP contribution in [0.4, 0.5) is 4.79 Å². The average molecular weight is 910 g/mol. The molecule has 2 saturated carbocycles. The van der Waals surface area contributed by atoms with Gasteiger partial charge in [-0.3, -0.25) is 24.0 Å². The molecule has 0 spiro atoms. The number of carbonyl (C=O) groups excluding carboxylic acids is 6. The Morgan fingerprint density at radius 1 is 0.484 bits per heavy atom. The van der Waals surface area contributed by atoms with Crippen molar-refractivity contribution in [1.82, 2.24) is 4.90 Å². The summed E-state index contributed by atoms with van der Waals surface area (Å²) >= 11 is 0. The third kappa shape index (κ3) is 25.3. The van der Waals surface area contributed by atoms with Crippen molar-refractivity contribution >= 4 is 36.0 Å². The van der Waals surface area contributed by atoms with Gasteiger partial charge in [-0.25, -0.2) is 4.79 Å². The summed E-state index contributed by atoms with van der Waals surface area (Å²) in [6, 6.07) is 0. The minimum absolute atomic E-state index is 0.0417. The number of fused-ring (bicyclic) bond motifs is 2. The number of hydrogen-bond donors (Lipinski definition) is 0. The highest BCUT2D eigenvalue weighted by Crippen LogP contribution is 2.54. The van der Waals surface area contributed by atoms with Crippen LogP contribution in [0.1, 0.15) is 189 Å². The van der Waals surface area contributed by atoms with Gasteiger partial charge in [0.1, 0.15) is 31.8 Å². The quantitative estimate of drug-likeness (QED) is 0.0330. The van der Waals surface area contributed by atoms with Crippen LogP contribution in [0, 0.1) is 28.6 Å². The van der Waals surface area contributed by atoms with Crippen molar-refractivity contribution in [3.63, 3.8) is 0 Å². The lowest BCUT2D eigenvalue weighted by atomic mass is 9.56. The van der Waals surface area contributed by atoms with Gasteiger partial charge in [-0.2, -0.15) is 0 Å². The van der Waals surface area contributed by atoms with E-state index in [0.29, 0.717) is 37.4 Å². The maximum atomic E-state index is 13.8. The van der Waals surface area contributed by atoms with E-state index in [1.54, 1.807) is 0 Å². The lowest BCUT2D eigenvalue weighted by Crippen LogP contribution is -2.45. The molecule has 0 aromatic heterocycles. The molecule has 2 rings (SSSR count). The van der Waals surface area contributed by atoms with E-state index < -0.39 is 49.3 Å². The zero-order chi connectivity index (χ0) is 47.1. The van der Waals surface area contributed by atoms with E-state index in [0.717, 1.165) is 116 Å². The van der Waals surface area contributed by atoms with Gasteiger partial charge in [-0.1, -0.05) is 92.9 Å². The summed E-state index contributed by atoms with van der Waals surface area (Å²) in [5.74, 6) is -0.890. The molecule has 2 aliphatic rings. The summed E-state index contributed by atoms with van der Waals surface area (Å²) in [6.45, 7) is 14.5. The van der Waals surface area contributed by atoms with Crippen LogP contribution in [-0.2, 0) is 57.1 Å². The SMILES string of the molecule is CCCCCCCOC(=O)CCCC(=O)OCC(COC(=O)CCCC(=O)OCCCCCCC)(COC(=O)CC12CC(C)CC(CC(C)C1)C2)COC(=O)OCCCN(CC)CC. The van der Waals surface area contributed by atoms with Crippen LogP contribution in [0.2, 0.25) is 0 Å². The molecule has 14 heteroatoms. The highest BCUT2D eigenvalue weighted by Gasteiger charge is 2.46. The largest absolute Gasteiger partial charge is 0.508 e. The Morgan fingerprint density at radius 2 is 0.906 bits per heavy atom. The highest BCUT2D eigenvalue weighted by atomic mass is 16.7. The minimum atomic E-state index is -1.49. The monoisotopic (exact) mass is 910 g/mol. The molecule has 0 saturated heterocycles. The van der Waals surface area contributed by atoms with Crippen LogP contribution in [-0.4, -0.2) is 107 Å². The summed E-state index contributed by atoms with van der Waals surface area (Å²) in [5, 5.41) is 0. The fourth-order valence-corrected chi connectivity index (χ4v) is 9.50. The number of nitrogens with zero attached hydrogens (tertiary/aromatic N) is 1. The molecule has 64 heavy (non-hydrogen) atoms. The second-order valence-electron chi connectivity index (χ2n) is 19.1. The van der Waals surface area contributed by atoms with Crippen molar-refractivity contribution < 1.29 is 61.9 Å². The summed E-state index contributed by atoms with van der Waals surface area (Å²) in [5.41, 5.74) is -1.66. The molecule has 2 aliphatic carbocycles. The first-order chi connectivity index (χ1) is 30.8. The Morgan fingerprint density at radius 3 is 1.38 bits per heavy atom. The van der Waals surface area contributed by atoms with Crippen LogP contribution >= 0.6 is 0 Å². The van der Waals surface area contributed by atoms with E-state index in [9.17, 15) is 28.8 Å². The topological polar surface area (TPSA) is 170 Å². The Kier molecular flexibility index (Phi) is 29.3. The summed E-state index contributed by atoms with van der Waals surface area (Å²) in [6.07, 6.45) is 15.6. The third-order valence-corrected chi connectivity index (χ3v) is 12.7. The molecule has 0 aromatic carbocycles. The molecule has 0 amide bonds. The van der Waals surface area contributed by atoms with E-state index in [1.165, 1.54) is 0 Å². The molecule has 2 unspecified atom stereocenters. The van der Waals surface area contributed by atoms with Gasteiger partial charge in [0.15, 0.2) is 0 Å². The lowest BCUT2D eigenvalue weighted by Gasteiger charge is -2.49. The van der Waals surface area contributed by atoms with Crippen molar-refractivity contribution in [2.45, 2.75) is 189 Å². The lowest BCUT2D eigenvalue weighted by molar-refractivity contribution is -0.167. The van der Waals surface area contributed by atoms with Crippen LogP contribution in [0.5, 0.6) is 0 Å². The molecular formula is C50H87NO13. The fourth-order valence-electron chi connectivity index (χ4n) is 9.50. The molecule has 0 heterocycles. The number of hydrogen-bond acceptors (Lipinski definition) is 14. The molecule has 370 valence electrons. The number of esters is 5. The molecule has 0 radical (unpaired) electrons. The Bertz CT molecular complexity index is 1280. The van der Waals surface area contributed by atoms with Gasteiger partial charge >= 0.3 is 36.0 Å². The van der Waals surface area contributed by atoms with Gasteiger partial charge in [-0.15, -0.1) is 0 Å². The van der Waals surface area contributed by atoms with E-state index in [1.807, 2.05) is 0 Å². The summed E-state index contributed by atoms with van der Waals surface area (Å²) < 4.78 is 39.1. The van der Waals surface area contributed by atoms with Gasteiger partial charge < -0.3 is 38.1 Å². The van der Waals surface area contributed by atoms with Gasteiger partial charge in [0, 0.05) is 32.2 Å². The normalized spacial score (nSPS) is 19.4. The first kappa shape index (κ1) is 56.7. The van der Waals surface area contributed by atoms with Crippen molar-refractivity contribution in [3.8, 4) is 0 Å². The van der Waals surface area contributed by atoms with E-state index >= 15 is 0 Å². The molecule has 0 aliphatic heterocycles. The number of ether oxygens (including phenoxy) is 7. The fraction of sp³-hybridized carbons (Fsp3) is 0.880. The van der Waals surface area contributed by atoms with Crippen LogP contribution in [0.3, 0.4) is 0 Å². The van der Waals surface area contributed by atoms with Crippen LogP contribution in [0.25, 0.3) is 0 Å². The highest BCUT2D eigenvalue weighted by molar-refractivity contribution is 5.73. The van der Waals surface area contributed by atoms with E-state index in [4.69, 9.17) is 33.2 Å². The van der Waals surface area contributed by atoms with Gasteiger partial charge in [-0.05, 0) is 100 Å². The molecule has 0 N–H and O–H groups in total. The van der Waals surface area contributed by atoms with Gasteiger partial charge in [0.25, 0.3) is 0 Å². The summed E-state index contributed by atoms with van der Waals surface area (Å²) in [4.78, 5) is 79.9. The third-order valence-electron chi connectivity index (χ3n) is 12.7. The van der Waals surface area contributed by atoms with Crippen LogP contribution < -0.4 is 0 Å².